The van der Waals surface area contributed by atoms with Crippen LogP contribution >= 0.6 is 7.92 Å². The third-order valence-corrected chi connectivity index (χ3v) is 14.2. The number of hydrogen-bond acceptors (Lipinski definition) is 4. The molecule has 53 heavy (non-hydrogen) atoms. The van der Waals surface area contributed by atoms with Gasteiger partial charge >= 0.3 is 0 Å². The molecule has 0 saturated carbocycles. The molecule has 3 aliphatic rings. The van der Waals surface area contributed by atoms with Crippen molar-refractivity contribution in [3.8, 4) is 5.75 Å². The molecular weight excluding hydrogens is 670 g/mol. The molecule has 0 radical (unpaired) electrons. The summed E-state index contributed by atoms with van der Waals surface area (Å²) < 4.78 is 5.68. The zero-order chi connectivity index (χ0) is 35.9. The maximum absolute atomic E-state index is 15.2. The number of ether oxygens (including phenoxy) is 1. The molecule has 3 fully saturated rings. The average molecular weight is 712 g/mol. The summed E-state index contributed by atoms with van der Waals surface area (Å²) in [7, 11) is 0.544. The number of aromatic nitrogens is 1. The number of pyridine rings is 1. The molecule has 6 aromatic carbocycles. The number of rotatable bonds is 9. The van der Waals surface area contributed by atoms with Crippen molar-refractivity contribution < 1.29 is 9.53 Å². The van der Waals surface area contributed by atoms with Gasteiger partial charge in [0.15, 0.2) is 0 Å². The predicted molar refractivity (Wildman–Crippen MR) is 220 cm³/mol. The van der Waals surface area contributed by atoms with E-state index in [1.807, 2.05) is 30.5 Å². The van der Waals surface area contributed by atoms with Gasteiger partial charge in [-0.2, -0.15) is 0 Å². The Labute approximate surface area is 312 Å². The van der Waals surface area contributed by atoms with E-state index in [-0.39, 0.29) is 18.0 Å². The lowest BCUT2D eigenvalue weighted by Crippen LogP contribution is -2.57. The van der Waals surface area contributed by atoms with Crippen LogP contribution < -0.4 is 26.0 Å². The Morgan fingerprint density at radius 1 is 0.830 bits per heavy atom. The van der Waals surface area contributed by atoms with E-state index >= 15 is 4.79 Å². The maximum atomic E-state index is 15.2. The number of carbonyl (C=O) groups is 1. The molecule has 262 valence electrons. The van der Waals surface area contributed by atoms with E-state index in [0.29, 0.717) is 17.4 Å². The van der Waals surface area contributed by atoms with Gasteiger partial charge in [-0.05, 0) is 112 Å². The zero-order valence-corrected chi connectivity index (χ0v) is 30.8. The van der Waals surface area contributed by atoms with Crippen LogP contribution in [0.5, 0.6) is 5.75 Å². The summed E-state index contributed by atoms with van der Waals surface area (Å²) in [6.07, 6.45) is 6.16. The second-order valence-corrected chi connectivity index (χ2v) is 16.4. The van der Waals surface area contributed by atoms with E-state index in [1.165, 1.54) is 32.2 Å². The van der Waals surface area contributed by atoms with Gasteiger partial charge in [-0.1, -0.05) is 109 Å². The van der Waals surface area contributed by atoms with Gasteiger partial charge in [-0.25, -0.2) is 0 Å². The Morgan fingerprint density at radius 3 is 2.17 bits per heavy atom. The molecule has 5 atom stereocenters. The second kappa shape index (κ2) is 14.2. The van der Waals surface area contributed by atoms with Gasteiger partial charge in [0.1, 0.15) is 5.75 Å². The predicted octanol–water partition coefficient (Wildman–Crippen LogP) is 8.68. The van der Waals surface area contributed by atoms with Crippen molar-refractivity contribution in [2.75, 3.05) is 20.2 Å². The number of amides is 1. The normalized spacial score (nSPS) is 20.1. The van der Waals surface area contributed by atoms with E-state index < -0.39 is 7.92 Å². The lowest BCUT2D eigenvalue weighted by molar-refractivity contribution is 0.00171. The summed E-state index contributed by atoms with van der Waals surface area (Å²) >= 11 is 0. The van der Waals surface area contributed by atoms with Crippen LogP contribution in [0, 0.1) is 11.8 Å². The quantitative estimate of drug-likeness (QED) is 0.120. The smallest absolute Gasteiger partial charge is 0.252 e. The molecule has 0 spiro atoms. The molecule has 1 N–H and O–H groups in total. The lowest BCUT2D eigenvalue weighted by atomic mass is 9.73. The second-order valence-electron chi connectivity index (χ2n) is 14.3. The molecule has 5 nitrogen and oxygen atoms in total. The highest BCUT2D eigenvalue weighted by atomic mass is 31.1. The summed E-state index contributed by atoms with van der Waals surface area (Å²) in [6.45, 7) is 6.15. The number of piperidine rings is 3. The molecular formula is C47H42N3O2P. The summed E-state index contributed by atoms with van der Waals surface area (Å²) in [5, 5.41) is 13.0. The van der Waals surface area contributed by atoms with Gasteiger partial charge in [0.05, 0.1) is 18.7 Å². The van der Waals surface area contributed by atoms with Crippen LogP contribution in [0.25, 0.3) is 32.4 Å². The van der Waals surface area contributed by atoms with Crippen LogP contribution in [0.2, 0.25) is 0 Å². The first-order valence-corrected chi connectivity index (χ1v) is 19.9. The van der Waals surface area contributed by atoms with Gasteiger partial charge in [-0.3, -0.25) is 14.7 Å². The Morgan fingerprint density at radius 2 is 1.49 bits per heavy atom. The van der Waals surface area contributed by atoms with Crippen molar-refractivity contribution >= 4 is 62.2 Å². The number of carbonyl (C=O) groups excluding carboxylic acids is 1. The standard InChI is InChI=1S/C47H42N3O2P/c1-3-31-30-50-27-25-34(31)28-42(50)46(38-24-26-48-41-23-22-35(52-2)29-40(38)41)49-47(51)39-18-8-9-19-45(39)53(43-20-10-14-32-12-4-6-16-36(32)43)44-21-11-15-33-13-5-7-17-37(33)44/h3-24,26,29,31,34,42,46H,1,25,27-28,30H2,2H3,(H,49,51)/t31?,34?,42?,46-/m0/s1. The van der Waals surface area contributed by atoms with Gasteiger partial charge in [-0.15, -0.1) is 6.58 Å². The van der Waals surface area contributed by atoms with E-state index in [4.69, 9.17) is 9.72 Å². The summed E-state index contributed by atoms with van der Waals surface area (Å²) in [4.78, 5) is 22.5. The molecule has 2 bridgehead atoms. The fourth-order valence-corrected chi connectivity index (χ4v) is 11.7. The van der Waals surface area contributed by atoms with E-state index in [9.17, 15) is 0 Å². The highest BCUT2D eigenvalue weighted by Crippen LogP contribution is 2.43. The van der Waals surface area contributed by atoms with Crippen LogP contribution in [-0.4, -0.2) is 42.0 Å². The lowest BCUT2D eigenvalue weighted by Gasteiger charge is -2.51. The Bertz CT molecular complexity index is 2410. The third-order valence-electron chi connectivity index (χ3n) is 11.5. The molecule has 0 aliphatic carbocycles. The van der Waals surface area contributed by atoms with Gasteiger partial charge in [0.25, 0.3) is 5.91 Å². The number of benzene rings is 6. The first-order chi connectivity index (χ1) is 26.1. The first kappa shape index (κ1) is 33.5. The molecule has 1 aromatic heterocycles. The Hall–Kier alpha value is -5.35. The first-order valence-electron chi connectivity index (χ1n) is 18.6. The number of methoxy groups -OCH3 is 1. The average Bonchev–Trinajstić information content (AvgIpc) is 3.23. The summed E-state index contributed by atoms with van der Waals surface area (Å²) in [5.74, 6) is 1.73. The van der Waals surface area contributed by atoms with Crippen molar-refractivity contribution in [3.63, 3.8) is 0 Å². The number of nitrogens with zero attached hydrogens (tertiary/aromatic N) is 2. The van der Waals surface area contributed by atoms with Gasteiger partial charge in [0.2, 0.25) is 0 Å². The largest absolute Gasteiger partial charge is 0.497 e. The molecule has 10 rings (SSSR count). The monoisotopic (exact) mass is 711 g/mol. The van der Waals surface area contributed by atoms with Crippen LogP contribution in [-0.2, 0) is 0 Å². The molecule has 3 saturated heterocycles. The SMILES string of the molecule is C=CC1CN2CCC1CC2[C@@H](NC(=O)c1ccccc1P(c1cccc2ccccc12)c1cccc2ccccc12)c1ccnc2ccc(OC)cc12. The molecule has 6 heteroatoms. The minimum absolute atomic E-state index is 0.0608. The van der Waals surface area contributed by atoms with E-state index in [2.05, 4.69) is 132 Å². The van der Waals surface area contributed by atoms with E-state index in [1.54, 1.807) is 7.11 Å². The highest BCUT2D eigenvalue weighted by Gasteiger charge is 2.43. The zero-order valence-electron chi connectivity index (χ0n) is 29.9. The van der Waals surface area contributed by atoms with Crippen LogP contribution in [0.3, 0.4) is 0 Å². The molecule has 4 unspecified atom stereocenters. The van der Waals surface area contributed by atoms with Gasteiger partial charge in [0, 0.05) is 29.7 Å². The summed E-state index contributed by atoms with van der Waals surface area (Å²) in [5.41, 5.74) is 2.66. The van der Waals surface area contributed by atoms with Crippen LogP contribution in [0.15, 0.2) is 152 Å². The van der Waals surface area contributed by atoms with Crippen molar-refractivity contribution in [2.24, 2.45) is 11.8 Å². The van der Waals surface area contributed by atoms with E-state index in [0.717, 1.165) is 53.5 Å². The highest BCUT2D eigenvalue weighted by molar-refractivity contribution is 7.80. The Balaban J connectivity index is 1.20. The molecule has 7 aromatic rings. The summed E-state index contributed by atoms with van der Waals surface area (Å²) in [6, 6.07) is 46.6. The minimum atomic E-state index is -1.15. The fraction of sp³-hybridized carbons (Fsp3) is 0.191. The number of fused-ring (bicyclic) bond motifs is 6. The van der Waals surface area contributed by atoms with Crippen molar-refractivity contribution in [1.29, 1.82) is 0 Å². The topological polar surface area (TPSA) is 54.5 Å². The van der Waals surface area contributed by atoms with Crippen LogP contribution in [0.1, 0.15) is 34.8 Å². The van der Waals surface area contributed by atoms with Crippen LogP contribution in [0.4, 0.5) is 0 Å². The molecule has 3 aliphatic heterocycles. The van der Waals surface area contributed by atoms with Crippen molar-refractivity contribution in [3.05, 3.63) is 163 Å². The maximum Gasteiger partial charge on any atom is 0.252 e. The molecule has 4 heterocycles. The minimum Gasteiger partial charge on any atom is -0.497 e. The number of nitrogens with one attached hydrogen (secondary N) is 1. The van der Waals surface area contributed by atoms with Gasteiger partial charge < -0.3 is 10.1 Å². The van der Waals surface area contributed by atoms with Crippen molar-refractivity contribution in [2.45, 2.75) is 24.9 Å². The Kier molecular flexibility index (Phi) is 8.99. The number of hydrogen-bond donors (Lipinski definition) is 1. The fourth-order valence-electron chi connectivity index (χ4n) is 8.93. The molecule has 1 amide bonds. The third kappa shape index (κ3) is 6.08. The van der Waals surface area contributed by atoms with Crippen molar-refractivity contribution in [1.82, 2.24) is 15.2 Å².